The normalized spacial score (nSPS) is 20.6. The van der Waals surface area contributed by atoms with E-state index in [-0.39, 0.29) is 30.0 Å². The van der Waals surface area contributed by atoms with E-state index >= 15 is 0 Å². The van der Waals surface area contributed by atoms with Gasteiger partial charge < -0.3 is 10.1 Å². The Hall–Kier alpha value is -1.96. The van der Waals surface area contributed by atoms with Gasteiger partial charge in [-0.3, -0.25) is 4.79 Å². The van der Waals surface area contributed by atoms with E-state index in [1.807, 2.05) is 42.5 Å². The highest BCUT2D eigenvalue weighted by Gasteiger charge is 2.34. The Morgan fingerprint density at radius 1 is 1.15 bits per heavy atom. The second kappa shape index (κ2) is 7.73. The van der Waals surface area contributed by atoms with Crippen molar-refractivity contribution in [2.24, 2.45) is 5.92 Å². The van der Waals surface area contributed by atoms with Crippen LogP contribution in [-0.2, 0) is 26.0 Å². The predicted octanol–water partition coefficient (Wildman–Crippen LogP) is 1.40. The molecule has 2 atom stereocenters. The van der Waals surface area contributed by atoms with Crippen LogP contribution in [0.5, 0.6) is 0 Å². The molecule has 1 saturated heterocycles. The fourth-order valence-electron chi connectivity index (χ4n) is 3.22. The van der Waals surface area contributed by atoms with Gasteiger partial charge in [-0.05, 0) is 16.3 Å². The Morgan fingerprint density at radius 3 is 2.65 bits per heavy atom. The second-order valence-corrected chi connectivity index (χ2v) is 9.07. The topological polar surface area (TPSA) is 75.7 Å². The number of benzene rings is 2. The Kier molecular flexibility index (Phi) is 5.60. The zero-order valence-corrected chi connectivity index (χ0v) is 15.8. The summed E-state index contributed by atoms with van der Waals surface area (Å²) in [6.07, 6.45) is 0.255. The lowest BCUT2D eigenvalue weighted by Crippen LogP contribution is -2.44. The summed E-state index contributed by atoms with van der Waals surface area (Å²) in [7, 11) is -0.310. The Morgan fingerprint density at radius 2 is 1.88 bits per heavy atom. The van der Waals surface area contributed by atoms with Crippen molar-refractivity contribution in [2.75, 3.05) is 33.1 Å². The van der Waals surface area contributed by atoms with Crippen LogP contribution in [0.25, 0.3) is 10.8 Å². The van der Waals surface area contributed by atoms with Crippen LogP contribution >= 0.6 is 0 Å². The van der Waals surface area contributed by atoms with Gasteiger partial charge >= 0.3 is 0 Å². The molecule has 0 spiro atoms. The summed E-state index contributed by atoms with van der Waals surface area (Å²) in [4.78, 5) is 12.5. The summed E-state index contributed by atoms with van der Waals surface area (Å²) in [5.74, 6) is -0.387. The van der Waals surface area contributed by atoms with Crippen LogP contribution in [0.3, 0.4) is 0 Å². The number of amides is 1. The largest absolute Gasteiger partial charge is 0.379 e. The smallest absolute Gasteiger partial charge is 0.224 e. The highest BCUT2D eigenvalue weighted by molar-refractivity contribution is 7.89. The molecule has 0 bridgehead atoms. The van der Waals surface area contributed by atoms with Crippen LogP contribution in [0.4, 0.5) is 0 Å². The number of ether oxygens (including phenoxy) is 1. The predicted molar refractivity (Wildman–Crippen MR) is 101 cm³/mol. The molecule has 3 rings (SSSR count). The molecule has 1 amide bonds. The van der Waals surface area contributed by atoms with Crippen LogP contribution < -0.4 is 5.32 Å². The minimum atomic E-state index is -3.34. The molecule has 1 N–H and O–H groups in total. The van der Waals surface area contributed by atoms with Gasteiger partial charge in [0.05, 0.1) is 31.4 Å². The van der Waals surface area contributed by atoms with Gasteiger partial charge in [-0.25, -0.2) is 12.7 Å². The first kappa shape index (κ1) is 18.8. The summed E-state index contributed by atoms with van der Waals surface area (Å²) in [6.45, 7) is 0.682. The van der Waals surface area contributed by atoms with Crippen LogP contribution in [0, 0.1) is 5.92 Å². The quantitative estimate of drug-likeness (QED) is 0.827. The van der Waals surface area contributed by atoms with Crippen molar-refractivity contribution in [1.29, 1.82) is 0 Å². The van der Waals surface area contributed by atoms with Gasteiger partial charge in [-0.1, -0.05) is 42.5 Å². The molecule has 1 aliphatic rings. The van der Waals surface area contributed by atoms with Crippen molar-refractivity contribution >= 4 is 26.7 Å². The van der Waals surface area contributed by atoms with E-state index in [1.165, 1.54) is 18.4 Å². The molecular weight excluding hydrogens is 352 g/mol. The number of sulfonamides is 1. The van der Waals surface area contributed by atoms with Gasteiger partial charge in [0.15, 0.2) is 0 Å². The Balaban J connectivity index is 1.67. The maximum atomic E-state index is 12.5. The Labute approximate surface area is 154 Å². The minimum absolute atomic E-state index is 0.0286. The van der Waals surface area contributed by atoms with Crippen molar-refractivity contribution < 1.29 is 17.9 Å². The lowest BCUT2D eigenvalue weighted by Gasteiger charge is -2.21. The summed E-state index contributed by atoms with van der Waals surface area (Å²) in [6, 6.07) is 13.6. The van der Waals surface area contributed by atoms with E-state index in [2.05, 4.69) is 5.32 Å². The number of nitrogens with zero attached hydrogens (tertiary/aromatic N) is 1. The van der Waals surface area contributed by atoms with Crippen LogP contribution in [0.2, 0.25) is 0 Å². The standard InChI is InChI=1S/C19H24N2O4S/c1-21(2)26(23,24)13-16-11-25-12-18(16)20-19(22)10-15-8-5-7-14-6-3-4-9-17(14)15/h3-9,16,18H,10-13H2,1-2H3,(H,20,22). The maximum absolute atomic E-state index is 12.5. The summed E-state index contributed by atoms with van der Waals surface area (Å²) < 4.78 is 30.9. The second-order valence-electron chi connectivity index (χ2n) is 6.85. The SMILES string of the molecule is CN(C)S(=O)(=O)CC1COCC1NC(=O)Cc1cccc2ccccc12. The summed E-state index contributed by atoms with van der Waals surface area (Å²) >= 11 is 0. The first-order chi connectivity index (χ1) is 12.4. The summed E-state index contributed by atoms with van der Waals surface area (Å²) in [5, 5.41) is 5.11. The van der Waals surface area contributed by atoms with Crippen molar-refractivity contribution in [3.05, 3.63) is 48.0 Å². The van der Waals surface area contributed by atoms with Gasteiger partial charge in [0.25, 0.3) is 0 Å². The van der Waals surface area contributed by atoms with E-state index < -0.39 is 10.0 Å². The monoisotopic (exact) mass is 376 g/mol. The van der Waals surface area contributed by atoms with E-state index in [4.69, 9.17) is 4.74 Å². The zero-order valence-electron chi connectivity index (χ0n) is 15.0. The number of nitrogens with one attached hydrogen (secondary N) is 1. The van der Waals surface area contributed by atoms with Crippen LogP contribution in [-0.4, -0.2) is 57.7 Å². The van der Waals surface area contributed by atoms with E-state index in [1.54, 1.807) is 0 Å². The van der Waals surface area contributed by atoms with Crippen molar-refractivity contribution in [3.8, 4) is 0 Å². The van der Waals surface area contributed by atoms with Crippen molar-refractivity contribution in [1.82, 2.24) is 9.62 Å². The summed E-state index contributed by atoms with van der Waals surface area (Å²) in [5.41, 5.74) is 0.956. The fraction of sp³-hybridized carbons (Fsp3) is 0.421. The maximum Gasteiger partial charge on any atom is 0.224 e. The third-order valence-electron chi connectivity index (χ3n) is 4.76. The first-order valence-electron chi connectivity index (χ1n) is 8.61. The lowest BCUT2D eigenvalue weighted by atomic mass is 10.0. The highest BCUT2D eigenvalue weighted by atomic mass is 32.2. The minimum Gasteiger partial charge on any atom is -0.379 e. The Bertz CT molecular complexity index is 890. The molecule has 1 fully saturated rings. The average molecular weight is 376 g/mol. The molecule has 7 heteroatoms. The van der Waals surface area contributed by atoms with Crippen molar-refractivity contribution in [2.45, 2.75) is 12.5 Å². The molecule has 2 aromatic carbocycles. The molecule has 6 nitrogen and oxygen atoms in total. The van der Waals surface area contributed by atoms with Gasteiger partial charge in [0.1, 0.15) is 0 Å². The molecule has 2 aromatic rings. The van der Waals surface area contributed by atoms with Gasteiger partial charge in [-0.15, -0.1) is 0 Å². The van der Waals surface area contributed by atoms with Crippen LogP contribution in [0.15, 0.2) is 42.5 Å². The number of carbonyl (C=O) groups is 1. The average Bonchev–Trinajstić information content (AvgIpc) is 3.01. The molecule has 0 saturated carbocycles. The fourth-order valence-corrected chi connectivity index (χ4v) is 4.39. The third kappa shape index (κ3) is 4.23. The van der Waals surface area contributed by atoms with Crippen LogP contribution in [0.1, 0.15) is 5.56 Å². The molecule has 1 aliphatic heterocycles. The lowest BCUT2D eigenvalue weighted by molar-refractivity contribution is -0.121. The third-order valence-corrected chi connectivity index (χ3v) is 6.72. The molecule has 26 heavy (non-hydrogen) atoms. The number of rotatable bonds is 6. The highest BCUT2D eigenvalue weighted by Crippen LogP contribution is 2.20. The van der Waals surface area contributed by atoms with Gasteiger partial charge in [-0.2, -0.15) is 0 Å². The van der Waals surface area contributed by atoms with Crippen molar-refractivity contribution in [3.63, 3.8) is 0 Å². The molecule has 1 heterocycles. The number of hydrogen-bond acceptors (Lipinski definition) is 4. The number of carbonyl (C=O) groups excluding carboxylic acids is 1. The molecule has 2 unspecified atom stereocenters. The van der Waals surface area contributed by atoms with E-state index in [0.29, 0.717) is 13.2 Å². The number of fused-ring (bicyclic) bond motifs is 1. The molecule has 0 aliphatic carbocycles. The molecule has 0 radical (unpaired) electrons. The molecule has 140 valence electrons. The number of hydrogen-bond donors (Lipinski definition) is 1. The zero-order chi connectivity index (χ0) is 18.7. The van der Waals surface area contributed by atoms with E-state index in [0.717, 1.165) is 16.3 Å². The van der Waals surface area contributed by atoms with E-state index in [9.17, 15) is 13.2 Å². The van der Waals surface area contributed by atoms with Gasteiger partial charge in [0.2, 0.25) is 15.9 Å². The molecular formula is C19H24N2O4S. The molecule has 0 aromatic heterocycles. The van der Waals surface area contributed by atoms with Gasteiger partial charge in [0, 0.05) is 20.0 Å². The first-order valence-corrected chi connectivity index (χ1v) is 10.2.